The lowest BCUT2D eigenvalue weighted by atomic mass is 10.2. The summed E-state index contributed by atoms with van der Waals surface area (Å²) < 4.78 is 13.3. The van der Waals surface area contributed by atoms with Gasteiger partial charge in [-0.15, -0.1) is 0 Å². The average molecular weight is 231 g/mol. The van der Waals surface area contributed by atoms with Gasteiger partial charge in [0, 0.05) is 12.4 Å². The van der Waals surface area contributed by atoms with Crippen LogP contribution in [0.15, 0.2) is 42.7 Å². The molecule has 0 aliphatic rings. The molecule has 0 unspecified atom stereocenters. The quantitative estimate of drug-likeness (QED) is 0.788. The van der Waals surface area contributed by atoms with Gasteiger partial charge < -0.3 is 14.0 Å². The first-order valence-corrected chi connectivity index (χ1v) is 5.88. The number of hydrogen-bond acceptors (Lipinski definition) is 2. The molecular formula is C14H17NO2. The molecule has 0 aliphatic heterocycles. The van der Waals surface area contributed by atoms with Crippen molar-refractivity contribution in [2.75, 3.05) is 13.2 Å². The Morgan fingerprint density at radius 2 is 1.41 bits per heavy atom. The summed E-state index contributed by atoms with van der Waals surface area (Å²) >= 11 is 0. The van der Waals surface area contributed by atoms with Crippen LogP contribution in [0.3, 0.4) is 0 Å². The molecule has 0 bridgehead atoms. The topological polar surface area (TPSA) is 23.4 Å². The van der Waals surface area contributed by atoms with E-state index in [1.54, 1.807) is 0 Å². The van der Waals surface area contributed by atoms with Gasteiger partial charge in [-0.3, -0.25) is 0 Å². The third-order valence-electron chi connectivity index (χ3n) is 2.42. The van der Waals surface area contributed by atoms with Gasteiger partial charge in [-0.1, -0.05) is 6.07 Å². The summed E-state index contributed by atoms with van der Waals surface area (Å²) in [6.07, 6.45) is 3.97. The Labute approximate surface area is 102 Å². The van der Waals surface area contributed by atoms with Crippen molar-refractivity contribution in [3.05, 3.63) is 42.7 Å². The minimum absolute atomic E-state index is 0.643. The van der Waals surface area contributed by atoms with Crippen LogP contribution in [0.2, 0.25) is 0 Å². The molecular weight excluding hydrogens is 214 g/mol. The van der Waals surface area contributed by atoms with Crippen LogP contribution in [0.4, 0.5) is 0 Å². The summed E-state index contributed by atoms with van der Waals surface area (Å²) in [7, 11) is 0. The highest BCUT2D eigenvalue weighted by molar-refractivity contribution is 5.57. The molecule has 0 saturated heterocycles. The molecule has 0 atom stereocenters. The van der Waals surface area contributed by atoms with Crippen molar-refractivity contribution in [1.82, 2.24) is 4.57 Å². The van der Waals surface area contributed by atoms with Gasteiger partial charge in [0.1, 0.15) is 17.2 Å². The highest BCUT2D eigenvalue weighted by Gasteiger charge is 2.11. The van der Waals surface area contributed by atoms with Crippen LogP contribution >= 0.6 is 0 Å². The normalized spacial score (nSPS) is 10.2. The molecule has 3 heteroatoms. The molecule has 0 spiro atoms. The summed E-state index contributed by atoms with van der Waals surface area (Å²) in [5, 5.41) is 0. The van der Waals surface area contributed by atoms with Crippen LogP contribution in [0.5, 0.6) is 11.5 Å². The molecule has 1 aromatic carbocycles. The summed E-state index contributed by atoms with van der Waals surface area (Å²) in [6, 6.07) is 9.84. The maximum Gasteiger partial charge on any atom is 0.147 e. The highest BCUT2D eigenvalue weighted by atomic mass is 16.5. The van der Waals surface area contributed by atoms with Crippen molar-refractivity contribution in [2.45, 2.75) is 13.8 Å². The van der Waals surface area contributed by atoms with Crippen LogP contribution < -0.4 is 9.47 Å². The first-order chi connectivity index (χ1) is 8.36. The van der Waals surface area contributed by atoms with E-state index < -0.39 is 0 Å². The number of aromatic nitrogens is 1. The fourth-order valence-electron chi connectivity index (χ4n) is 1.78. The zero-order valence-corrected chi connectivity index (χ0v) is 10.2. The van der Waals surface area contributed by atoms with Crippen LogP contribution in [0.1, 0.15) is 13.8 Å². The molecule has 0 amide bonds. The maximum absolute atomic E-state index is 5.65. The molecule has 2 rings (SSSR count). The van der Waals surface area contributed by atoms with Crippen LogP contribution in [0, 0.1) is 0 Å². The molecule has 0 aliphatic carbocycles. The zero-order valence-electron chi connectivity index (χ0n) is 10.2. The van der Waals surface area contributed by atoms with Crippen molar-refractivity contribution in [2.24, 2.45) is 0 Å². The van der Waals surface area contributed by atoms with E-state index in [9.17, 15) is 0 Å². The van der Waals surface area contributed by atoms with Gasteiger partial charge in [0.05, 0.1) is 13.2 Å². The predicted molar refractivity (Wildman–Crippen MR) is 68.1 cm³/mol. The minimum atomic E-state index is 0.643. The molecule has 3 nitrogen and oxygen atoms in total. The minimum Gasteiger partial charge on any atom is -0.492 e. The number of nitrogens with zero attached hydrogens (tertiary/aromatic N) is 1. The SMILES string of the molecule is CCOc1cccc(OCC)c1-n1cccc1. The standard InChI is InChI=1S/C14H17NO2/c1-3-16-12-8-7-9-13(17-4-2)14(12)15-10-5-6-11-15/h5-11H,3-4H2,1-2H3. The molecule has 0 N–H and O–H groups in total. The van der Waals surface area contributed by atoms with Gasteiger partial charge >= 0.3 is 0 Å². The fraction of sp³-hybridized carbons (Fsp3) is 0.286. The first-order valence-electron chi connectivity index (χ1n) is 5.88. The largest absolute Gasteiger partial charge is 0.492 e. The van der Waals surface area contributed by atoms with Crippen molar-refractivity contribution >= 4 is 0 Å². The van der Waals surface area contributed by atoms with Gasteiger partial charge in [0.2, 0.25) is 0 Å². The lowest BCUT2D eigenvalue weighted by molar-refractivity contribution is 0.321. The van der Waals surface area contributed by atoms with E-state index >= 15 is 0 Å². The summed E-state index contributed by atoms with van der Waals surface area (Å²) in [6.45, 7) is 5.24. The van der Waals surface area contributed by atoms with Gasteiger partial charge in [-0.25, -0.2) is 0 Å². The Hall–Kier alpha value is -1.90. The molecule has 0 fully saturated rings. The Bertz CT molecular complexity index is 439. The molecule has 1 heterocycles. The molecule has 90 valence electrons. The van der Waals surface area contributed by atoms with Gasteiger partial charge in [0.15, 0.2) is 0 Å². The fourth-order valence-corrected chi connectivity index (χ4v) is 1.78. The van der Waals surface area contributed by atoms with E-state index in [1.165, 1.54) is 0 Å². The molecule has 1 aromatic heterocycles. The Balaban J connectivity index is 2.50. The monoisotopic (exact) mass is 231 g/mol. The molecule has 0 saturated carbocycles. The molecule has 17 heavy (non-hydrogen) atoms. The number of rotatable bonds is 5. The van der Waals surface area contributed by atoms with Crippen molar-refractivity contribution in [3.63, 3.8) is 0 Å². The number of hydrogen-bond donors (Lipinski definition) is 0. The van der Waals surface area contributed by atoms with Crippen LogP contribution in [-0.4, -0.2) is 17.8 Å². The summed E-state index contributed by atoms with van der Waals surface area (Å²) in [4.78, 5) is 0. The Morgan fingerprint density at radius 1 is 0.882 bits per heavy atom. The van der Waals surface area contributed by atoms with Crippen LogP contribution in [-0.2, 0) is 0 Å². The van der Waals surface area contributed by atoms with Crippen LogP contribution in [0.25, 0.3) is 5.69 Å². The third kappa shape index (κ3) is 2.44. The first kappa shape index (κ1) is 11.6. The van der Waals surface area contributed by atoms with Gasteiger partial charge in [-0.05, 0) is 38.1 Å². The van der Waals surface area contributed by atoms with E-state index in [1.807, 2.05) is 61.1 Å². The smallest absolute Gasteiger partial charge is 0.147 e. The Kier molecular flexibility index (Phi) is 3.70. The predicted octanol–water partition coefficient (Wildman–Crippen LogP) is 3.27. The van der Waals surface area contributed by atoms with E-state index in [0.29, 0.717) is 13.2 Å². The van der Waals surface area contributed by atoms with E-state index in [4.69, 9.17) is 9.47 Å². The number of ether oxygens (including phenoxy) is 2. The van der Waals surface area contributed by atoms with Crippen molar-refractivity contribution in [3.8, 4) is 17.2 Å². The summed E-state index contributed by atoms with van der Waals surface area (Å²) in [5.74, 6) is 1.68. The second kappa shape index (κ2) is 5.43. The van der Waals surface area contributed by atoms with Crippen molar-refractivity contribution < 1.29 is 9.47 Å². The van der Waals surface area contributed by atoms with Crippen molar-refractivity contribution in [1.29, 1.82) is 0 Å². The lowest BCUT2D eigenvalue weighted by Crippen LogP contribution is -2.03. The van der Waals surface area contributed by atoms with Gasteiger partial charge in [0.25, 0.3) is 0 Å². The van der Waals surface area contributed by atoms with E-state index in [0.717, 1.165) is 17.2 Å². The number of para-hydroxylation sites is 1. The maximum atomic E-state index is 5.65. The third-order valence-corrected chi connectivity index (χ3v) is 2.42. The highest BCUT2D eigenvalue weighted by Crippen LogP contribution is 2.32. The second-order valence-corrected chi connectivity index (χ2v) is 3.56. The van der Waals surface area contributed by atoms with E-state index in [-0.39, 0.29) is 0 Å². The molecule has 2 aromatic rings. The second-order valence-electron chi connectivity index (χ2n) is 3.56. The van der Waals surface area contributed by atoms with Gasteiger partial charge in [-0.2, -0.15) is 0 Å². The number of benzene rings is 1. The average Bonchev–Trinajstić information content (AvgIpc) is 2.84. The molecule has 0 radical (unpaired) electrons. The zero-order chi connectivity index (χ0) is 12.1. The lowest BCUT2D eigenvalue weighted by Gasteiger charge is -2.15. The summed E-state index contributed by atoms with van der Waals surface area (Å²) in [5.41, 5.74) is 0.959. The Morgan fingerprint density at radius 3 is 1.88 bits per heavy atom. The van der Waals surface area contributed by atoms with E-state index in [2.05, 4.69) is 0 Å².